The predicted octanol–water partition coefficient (Wildman–Crippen LogP) is 0.675. The van der Waals surface area contributed by atoms with Gasteiger partial charge in [0.2, 0.25) is 0 Å². The number of hydrogen-bond acceptors (Lipinski definition) is 5. The fourth-order valence-electron chi connectivity index (χ4n) is 1.89. The summed E-state index contributed by atoms with van der Waals surface area (Å²) in [4.78, 5) is 1.78. The molecule has 3 N–H and O–H groups in total. The largest absolute Gasteiger partial charge is 0.491 e. The van der Waals surface area contributed by atoms with Crippen molar-refractivity contribution in [3.8, 4) is 5.75 Å². The molecule has 0 heterocycles. The van der Waals surface area contributed by atoms with Crippen LogP contribution in [0.2, 0.25) is 5.02 Å². The van der Waals surface area contributed by atoms with Crippen molar-refractivity contribution in [2.24, 2.45) is 0 Å². The third-order valence-electron chi connectivity index (χ3n) is 2.87. The van der Waals surface area contributed by atoms with Gasteiger partial charge in [-0.1, -0.05) is 11.6 Å². The molecule has 114 valence electrons. The van der Waals surface area contributed by atoms with E-state index in [1.165, 1.54) is 0 Å². The van der Waals surface area contributed by atoms with E-state index in [2.05, 4.69) is 0 Å². The smallest absolute Gasteiger partial charge is 0.122 e. The first-order valence-electron chi connectivity index (χ1n) is 6.58. The van der Waals surface area contributed by atoms with Crippen molar-refractivity contribution < 1.29 is 20.1 Å². The van der Waals surface area contributed by atoms with Crippen molar-refractivity contribution in [3.05, 3.63) is 28.8 Å². The van der Waals surface area contributed by atoms with Gasteiger partial charge in [-0.05, 0) is 30.7 Å². The number of rotatable bonds is 9. The molecule has 5 nitrogen and oxygen atoms in total. The molecule has 1 unspecified atom stereocenters. The van der Waals surface area contributed by atoms with Crippen molar-refractivity contribution in [1.82, 2.24) is 4.90 Å². The van der Waals surface area contributed by atoms with Gasteiger partial charge in [0.15, 0.2) is 0 Å². The first kappa shape index (κ1) is 17.2. The first-order valence-corrected chi connectivity index (χ1v) is 6.95. The molecule has 6 heteroatoms. The highest BCUT2D eigenvalue weighted by atomic mass is 35.5. The Kier molecular flexibility index (Phi) is 7.87. The number of aliphatic hydroxyl groups is 3. The summed E-state index contributed by atoms with van der Waals surface area (Å²) in [5.41, 5.74) is 0.910. The molecule has 0 aromatic heterocycles. The number of nitrogens with zero attached hydrogens (tertiary/aromatic N) is 1. The van der Waals surface area contributed by atoms with Gasteiger partial charge in [-0.2, -0.15) is 0 Å². The molecule has 0 bridgehead atoms. The molecule has 1 atom stereocenters. The van der Waals surface area contributed by atoms with Crippen molar-refractivity contribution in [2.45, 2.75) is 13.0 Å². The maximum Gasteiger partial charge on any atom is 0.122 e. The minimum Gasteiger partial charge on any atom is -0.491 e. The third-order valence-corrected chi connectivity index (χ3v) is 3.10. The van der Waals surface area contributed by atoms with E-state index < -0.39 is 6.10 Å². The summed E-state index contributed by atoms with van der Waals surface area (Å²) in [7, 11) is 0. The molecule has 0 saturated carbocycles. The van der Waals surface area contributed by atoms with Crippen LogP contribution < -0.4 is 4.74 Å². The highest BCUT2D eigenvalue weighted by Crippen LogP contribution is 2.21. The number of ether oxygens (including phenoxy) is 1. The minimum atomic E-state index is -0.692. The quantitative estimate of drug-likeness (QED) is 0.625. The van der Waals surface area contributed by atoms with Gasteiger partial charge in [-0.3, -0.25) is 4.90 Å². The van der Waals surface area contributed by atoms with E-state index in [1.807, 2.05) is 6.92 Å². The second-order valence-electron chi connectivity index (χ2n) is 4.62. The van der Waals surface area contributed by atoms with Crippen LogP contribution in [-0.4, -0.2) is 65.8 Å². The average molecular weight is 304 g/mol. The summed E-state index contributed by atoms with van der Waals surface area (Å²) >= 11 is 5.86. The number of aliphatic hydroxyl groups excluding tert-OH is 3. The molecular formula is C14H22ClNO4. The van der Waals surface area contributed by atoms with Crippen LogP contribution in [0, 0.1) is 6.92 Å². The lowest BCUT2D eigenvalue weighted by molar-refractivity contribution is 0.0550. The summed E-state index contributed by atoms with van der Waals surface area (Å²) in [6.07, 6.45) is -0.692. The summed E-state index contributed by atoms with van der Waals surface area (Å²) < 4.78 is 5.55. The van der Waals surface area contributed by atoms with Crippen LogP contribution in [0.15, 0.2) is 18.2 Å². The van der Waals surface area contributed by atoms with Crippen molar-refractivity contribution in [3.63, 3.8) is 0 Å². The van der Waals surface area contributed by atoms with E-state index in [1.54, 1.807) is 23.1 Å². The third kappa shape index (κ3) is 6.07. The fourth-order valence-corrected chi connectivity index (χ4v) is 2.12. The predicted molar refractivity (Wildman–Crippen MR) is 78.3 cm³/mol. The summed E-state index contributed by atoms with van der Waals surface area (Å²) in [5, 5.41) is 28.4. The van der Waals surface area contributed by atoms with Gasteiger partial charge in [-0.15, -0.1) is 0 Å². The van der Waals surface area contributed by atoms with E-state index in [0.29, 0.717) is 30.4 Å². The summed E-state index contributed by atoms with van der Waals surface area (Å²) in [6, 6.07) is 5.30. The number of benzene rings is 1. The molecule has 0 saturated heterocycles. The molecule has 0 aliphatic heterocycles. The molecule has 1 aromatic carbocycles. The van der Waals surface area contributed by atoms with Crippen molar-refractivity contribution >= 4 is 11.6 Å². The van der Waals surface area contributed by atoms with Crippen LogP contribution >= 0.6 is 11.6 Å². The Bertz CT molecular complexity index is 397. The zero-order chi connectivity index (χ0) is 15.0. The first-order chi connectivity index (χ1) is 9.56. The van der Waals surface area contributed by atoms with Crippen LogP contribution in [0.25, 0.3) is 0 Å². The Hall–Kier alpha value is -0.850. The van der Waals surface area contributed by atoms with E-state index in [4.69, 9.17) is 26.6 Å². The molecule has 20 heavy (non-hydrogen) atoms. The van der Waals surface area contributed by atoms with Crippen LogP contribution in [0.4, 0.5) is 0 Å². The Morgan fingerprint density at radius 3 is 2.45 bits per heavy atom. The molecule has 0 amide bonds. The monoisotopic (exact) mass is 303 g/mol. The highest BCUT2D eigenvalue weighted by Gasteiger charge is 2.12. The highest BCUT2D eigenvalue weighted by molar-refractivity contribution is 6.30. The molecular weight excluding hydrogens is 282 g/mol. The van der Waals surface area contributed by atoms with Crippen LogP contribution in [0.1, 0.15) is 5.56 Å². The molecule has 0 spiro atoms. The lowest BCUT2D eigenvalue weighted by Gasteiger charge is -2.23. The Balaban J connectivity index is 2.43. The van der Waals surface area contributed by atoms with Crippen LogP contribution in [-0.2, 0) is 0 Å². The van der Waals surface area contributed by atoms with E-state index >= 15 is 0 Å². The Labute approximate surface area is 124 Å². The standard InChI is InChI=1S/C14H22ClNO4/c1-11-8-12(15)2-3-14(11)20-10-13(19)9-16(4-6-17)5-7-18/h2-3,8,13,17-19H,4-7,9-10H2,1H3. The van der Waals surface area contributed by atoms with Gasteiger partial charge in [0, 0.05) is 24.7 Å². The second-order valence-corrected chi connectivity index (χ2v) is 5.06. The Morgan fingerprint density at radius 1 is 1.25 bits per heavy atom. The van der Waals surface area contributed by atoms with E-state index in [-0.39, 0.29) is 19.8 Å². The zero-order valence-corrected chi connectivity index (χ0v) is 12.4. The molecule has 0 fully saturated rings. The SMILES string of the molecule is Cc1cc(Cl)ccc1OCC(O)CN(CCO)CCO. The molecule has 1 rings (SSSR count). The molecule has 1 aromatic rings. The molecule has 0 aliphatic rings. The average Bonchev–Trinajstić information content (AvgIpc) is 2.38. The topological polar surface area (TPSA) is 73.2 Å². The maximum atomic E-state index is 9.92. The van der Waals surface area contributed by atoms with E-state index in [0.717, 1.165) is 5.56 Å². The minimum absolute atomic E-state index is 0.0100. The summed E-state index contributed by atoms with van der Waals surface area (Å²) in [5.74, 6) is 0.685. The van der Waals surface area contributed by atoms with Gasteiger partial charge in [0.25, 0.3) is 0 Å². The van der Waals surface area contributed by atoms with Crippen molar-refractivity contribution in [1.29, 1.82) is 0 Å². The van der Waals surface area contributed by atoms with Gasteiger partial charge < -0.3 is 20.1 Å². The van der Waals surface area contributed by atoms with Crippen LogP contribution in [0.3, 0.4) is 0 Å². The number of aryl methyl sites for hydroxylation is 1. The number of halogens is 1. The normalized spacial score (nSPS) is 12.7. The van der Waals surface area contributed by atoms with Gasteiger partial charge in [0.05, 0.1) is 13.2 Å². The van der Waals surface area contributed by atoms with Crippen LogP contribution in [0.5, 0.6) is 5.75 Å². The van der Waals surface area contributed by atoms with Gasteiger partial charge in [0.1, 0.15) is 18.5 Å². The lowest BCUT2D eigenvalue weighted by atomic mass is 10.2. The Morgan fingerprint density at radius 2 is 1.90 bits per heavy atom. The fraction of sp³-hybridized carbons (Fsp3) is 0.571. The molecule has 0 radical (unpaired) electrons. The zero-order valence-electron chi connectivity index (χ0n) is 11.6. The second kappa shape index (κ2) is 9.15. The summed E-state index contributed by atoms with van der Waals surface area (Å²) in [6.45, 7) is 3.18. The van der Waals surface area contributed by atoms with E-state index in [9.17, 15) is 5.11 Å². The maximum absolute atomic E-state index is 9.92. The van der Waals surface area contributed by atoms with Gasteiger partial charge in [-0.25, -0.2) is 0 Å². The molecule has 0 aliphatic carbocycles. The lowest BCUT2D eigenvalue weighted by Crippen LogP contribution is -2.38. The number of hydrogen-bond donors (Lipinski definition) is 3. The van der Waals surface area contributed by atoms with Crippen molar-refractivity contribution in [2.75, 3.05) is 39.5 Å². The van der Waals surface area contributed by atoms with Gasteiger partial charge >= 0.3 is 0 Å².